The topological polar surface area (TPSA) is 58.4 Å². The molecule has 0 spiro atoms. The van der Waals surface area contributed by atoms with Crippen molar-refractivity contribution >= 4 is 34.0 Å². The highest BCUT2D eigenvalue weighted by molar-refractivity contribution is 14.1. The molecule has 0 saturated carbocycles. The Balaban J connectivity index is 1.75. The summed E-state index contributed by atoms with van der Waals surface area (Å²) in [5.74, 6) is 0.746. The molecular weight excluding hydrogens is 357 g/mol. The number of nitro groups is 1. The Morgan fingerprint density at radius 1 is 1.37 bits per heavy atom. The number of nitrogens with one attached hydrogen (secondary N) is 1. The van der Waals surface area contributed by atoms with Crippen LogP contribution in [0, 0.1) is 19.6 Å². The van der Waals surface area contributed by atoms with Crippen LogP contribution in [-0.2, 0) is 0 Å². The van der Waals surface area contributed by atoms with Gasteiger partial charge in [-0.25, -0.2) is 0 Å². The van der Waals surface area contributed by atoms with Crippen LogP contribution in [0.2, 0.25) is 0 Å². The van der Waals surface area contributed by atoms with E-state index < -0.39 is 0 Å². The summed E-state index contributed by atoms with van der Waals surface area (Å²) in [6, 6.07) is 5.52. The van der Waals surface area contributed by atoms with Crippen LogP contribution in [0.5, 0.6) is 0 Å². The molecule has 1 aromatic rings. The molecule has 19 heavy (non-hydrogen) atoms. The van der Waals surface area contributed by atoms with Crippen LogP contribution >= 0.6 is 22.6 Å². The number of nitrogens with zero attached hydrogens (tertiary/aromatic N) is 2. The highest BCUT2D eigenvalue weighted by Crippen LogP contribution is 2.31. The van der Waals surface area contributed by atoms with E-state index in [0.717, 1.165) is 21.7 Å². The van der Waals surface area contributed by atoms with Gasteiger partial charge in [0.1, 0.15) is 0 Å². The van der Waals surface area contributed by atoms with Crippen molar-refractivity contribution in [2.45, 2.75) is 18.9 Å². The maximum atomic E-state index is 10.7. The maximum Gasteiger partial charge on any atom is 0.270 e. The first-order valence-electron chi connectivity index (χ1n) is 6.56. The molecule has 0 aliphatic carbocycles. The molecule has 1 atom stereocenters. The van der Waals surface area contributed by atoms with Crippen molar-refractivity contribution in [2.75, 3.05) is 25.0 Å². The number of anilines is 1. The number of fused-ring (bicyclic) bond motifs is 3. The Hall–Kier alpha value is -0.890. The van der Waals surface area contributed by atoms with Gasteiger partial charge in [-0.3, -0.25) is 10.1 Å². The van der Waals surface area contributed by atoms with Crippen LogP contribution in [-0.4, -0.2) is 35.5 Å². The van der Waals surface area contributed by atoms with E-state index in [2.05, 4.69) is 32.8 Å². The van der Waals surface area contributed by atoms with Gasteiger partial charge in [-0.15, -0.1) is 0 Å². The van der Waals surface area contributed by atoms with E-state index in [4.69, 9.17) is 0 Å². The molecule has 6 heteroatoms. The Kier molecular flexibility index (Phi) is 3.62. The van der Waals surface area contributed by atoms with Crippen molar-refractivity contribution in [2.24, 2.45) is 5.92 Å². The zero-order valence-electron chi connectivity index (χ0n) is 10.5. The molecule has 0 aromatic heterocycles. The van der Waals surface area contributed by atoms with Crippen molar-refractivity contribution < 1.29 is 4.92 Å². The van der Waals surface area contributed by atoms with E-state index in [1.165, 1.54) is 25.9 Å². The van der Waals surface area contributed by atoms with E-state index in [0.29, 0.717) is 6.04 Å². The van der Waals surface area contributed by atoms with Crippen LogP contribution in [0.3, 0.4) is 0 Å². The second-order valence-electron chi connectivity index (χ2n) is 5.31. The third kappa shape index (κ3) is 2.69. The molecule has 3 fully saturated rings. The summed E-state index contributed by atoms with van der Waals surface area (Å²) in [7, 11) is 0. The minimum Gasteiger partial charge on any atom is -0.380 e. The molecule has 2 bridgehead atoms. The second-order valence-corrected chi connectivity index (χ2v) is 6.47. The van der Waals surface area contributed by atoms with E-state index in [1.807, 2.05) is 6.07 Å². The van der Waals surface area contributed by atoms with Crippen molar-refractivity contribution in [1.29, 1.82) is 0 Å². The third-order valence-corrected chi connectivity index (χ3v) is 5.05. The minimum atomic E-state index is -0.347. The molecule has 4 rings (SSSR count). The second kappa shape index (κ2) is 5.24. The Morgan fingerprint density at radius 2 is 2.11 bits per heavy atom. The fourth-order valence-corrected chi connectivity index (χ4v) is 3.72. The van der Waals surface area contributed by atoms with Gasteiger partial charge in [0.15, 0.2) is 0 Å². The number of piperidine rings is 3. The van der Waals surface area contributed by atoms with Crippen LogP contribution < -0.4 is 5.32 Å². The van der Waals surface area contributed by atoms with Crippen molar-refractivity contribution in [1.82, 2.24) is 4.90 Å². The number of benzene rings is 1. The standard InChI is InChI=1S/C13H16IN3O2/c14-11-7-10(17(18)19)1-2-12(11)15-13-8-16-5-3-9(13)4-6-16/h1-2,7,9,13,15H,3-6,8H2. The first-order valence-corrected chi connectivity index (χ1v) is 7.64. The summed E-state index contributed by atoms with van der Waals surface area (Å²) in [5, 5.41) is 14.3. The monoisotopic (exact) mass is 373 g/mol. The van der Waals surface area contributed by atoms with E-state index in [9.17, 15) is 10.1 Å². The predicted octanol–water partition coefficient (Wildman–Crippen LogP) is 2.71. The lowest BCUT2D eigenvalue weighted by Crippen LogP contribution is -2.53. The number of hydrogen-bond acceptors (Lipinski definition) is 4. The molecule has 3 aliphatic rings. The predicted molar refractivity (Wildman–Crippen MR) is 82.4 cm³/mol. The van der Waals surface area contributed by atoms with Gasteiger partial charge in [0.05, 0.1) is 4.92 Å². The summed E-state index contributed by atoms with van der Waals surface area (Å²) < 4.78 is 0.920. The van der Waals surface area contributed by atoms with Crippen molar-refractivity contribution in [3.05, 3.63) is 31.9 Å². The van der Waals surface area contributed by atoms with Gasteiger partial charge in [-0.2, -0.15) is 0 Å². The van der Waals surface area contributed by atoms with E-state index in [-0.39, 0.29) is 10.6 Å². The first-order chi connectivity index (χ1) is 9.13. The fourth-order valence-electron chi connectivity index (χ4n) is 3.06. The van der Waals surface area contributed by atoms with E-state index >= 15 is 0 Å². The van der Waals surface area contributed by atoms with Crippen LogP contribution in [0.15, 0.2) is 18.2 Å². The van der Waals surface area contributed by atoms with Gasteiger partial charge in [0.25, 0.3) is 5.69 Å². The van der Waals surface area contributed by atoms with Gasteiger partial charge in [0.2, 0.25) is 0 Å². The molecule has 0 amide bonds. The normalized spacial score (nSPS) is 29.2. The summed E-state index contributed by atoms with van der Waals surface area (Å²) in [6.07, 6.45) is 2.53. The summed E-state index contributed by atoms with van der Waals surface area (Å²) in [6.45, 7) is 3.54. The molecule has 3 saturated heterocycles. The summed E-state index contributed by atoms with van der Waals surface area (Å²) >= 11 is 2.17. The molecule has 1 N–H and O–H groups in total. The van der Waals surface area contributed by atoms with Gasteiger partial charge in [-0.05, 0) is 60.5 Å². The molecule has 1 unspecified atom stereocenters. The first kappa shape index (κ1) is 13.1. The quantitative estimate of drug-likeness (QED) is 0.503. The largest absolute Gasteiger partial charge is 0.380 e. The summed E-state index contributed by atoms with van der Waals surface area (Å²) in [4.78, 5) is 12.9. The molecule has 1 aromatic carbocycles. The lowest BCUT2D eigenvalue weighted by molar-refractivity contribution is -0.384. The van der Waals surface area contributed by atoms with Gasteiger partial charge in [0, 0.05) is 34.0 Å². The minimum absolute atomic E-state index is 0.156. The number of non-ortho nitro benzene ring substituents is 1. The Morgan fingerprint density at radius 3 is 2.63 bits per heavy atom. The molecule has 3 aliphatic heterocycles. The summed E-state index contributed by atoms with van der Waals surface area (Å²) in [5.41, 5.74) is 1.17. The molecule has 102 valence electrons. The highest BCUT2D eigenvalue weighted by atomic mass is 127. The van der Waals surface area contributed by atoms with Crippen molar-refractivity contribution in [3.8, 4) is 0 Å². The number of halogens is 1. The van der Waals surface area contributed by atoms with Crippen LogP contribution in [0.4, 0.5) is 11.4 Å². The Bertz CT molecular complexity index is 501. The fraction of sp³-hybridized carbons (Fsp3) is 0.538. The zero-order valence-corrected chi connectivity index (χ0v) is 12.7. The molecular formula is C13H16IN3O2. The molecule has 0 radical (unpaired) electrons. The number of hydrogen-bond donors (Lipinski definition) is 1. The SMILES string of the molecule is O=[N+]([O-])c1ccc(NC2CN3CCC2CC3)c(I)c1. The number of rotatable bonds is 3. The maximum absolute atomic E-state index is 10.7. The van der Waals surface area contributed by atoms with Crippen molar-refractivity contribution in [3.63, 3.8) is 0 Å². The highest BCUT2D eigenvalue weighted by Gasteiger charge is 2.34. The molecule has 3 heterocycles. The number of nitro benzene ring substituents is 1. The van der Waals surface area contributed by atoms with Crippen LogP contribution in [0.1, 0.15) is 12.8 Å². The van der Waals surface area contributed by atoms with E-state index in [1.54, 1.807) is 12.1 Å². The average molecular weight is 373 g/mol. The smallest absolute Gasteiger partial charge is 0.270 e. The zero-order chi connectivity index (χ0) is 13.4. The van der Waals surface area contributed by atoms with Gasteiger partial charge in [-0.1, -0.05) is 0 Å². The Labute approximate surface area is 125 Å². The van der Waals surface area contributed by atoms with Gasteiger partial charge >= 0.3 is 0 Å². The molecule has 5 nitrogen and oxygen atoms in total. The average Bonchev–Trinajstić information content (AvgIpc) is 2.42. The van der Waals surface area contributed by atoms with Crippen LogP contribution in [0.25, 0.3) is 0 Å². The lowest BCUT2D eigenvalue weighted by atomic mass is 9.84. The third-order valence-electron chi connectivity index (χ3n) is 4.16. The lowest BCUT2D eigenvalue weighted by Gasteiger charge is -2.45. The van der Waals surface area contributed by atoms with Gasteiger partial charge < -0.3 is 10.2 Å².